The predicted octanol–water partition coefficient (Wildman–Crippen LogP) is 1.62. The van der Waals surface area contributed by atoms with Crippen LogP contribution in [-0.4, -0.2) is 37.6 Å². The number of hydrogen-bond donors (Lipinski definition) is 1. The molecule has 2 saturated heterocycles. The zero-order valence-electron chi connectivity index (χ0n) is 9.95. The maximum absolute atomic E-state index is 3.54. The molecule has 1 N–H and O–H groups in total. The molecule has 3 rings (SSSR count). The average Bonchev–Trinajstić information content (AvgIpc) is 2.70. The van der Waals surface area contributed by atoms with Crippen molar-refractivity contribution in [3.05, 3.63) is 35.9 Å². The number of rotatable bonds is 1. The summed E-state index contributed by atoms with van der Waals surface area (Å²) >= 11 is 0. The van der Waals surface area contributed by atoms with Crippen molar-refractivity contribution < 1.29 is 0 Å². The smallest absolute Gasteiger partial charge is 0.0315 e. The summed E-state index contributed by atoms with van der Waals surface area (Å²) in [4.78, 5) is 2.53. The van der Waals surface area contributed by atoms with Gasteiger partial charge in [-0.2, -0.15) is 0 Å². The van der Waals surface area contributed by atoms with E-state index in [0.29, 0.717) is 11.5 Å². The van der Waals surface area contributed by atoms with Gasteiger partial charge in [-0.25, -0.2) is 0 Å². The minimum atomic E-state index is 0.418. The van der Waals surface area contributed by atoms with Gasteiger partial charge in [-0.15, -0.1) is 0 Å². The van der Waals surface area contributed by atoms with Gasteiger partial charge >= 0.3 is 0 Å². The van der Waals surface area contributed by atoms with Gasteiger partial charge in [-0.1, -0.05) is 30.3 Å². The van der Waals surface area contributed by atoms with E-state index in [4.69, 9.17) is 0 Å². The molecule has 0 saturated carbocycles. The van der Waals surface area contributed by atoms with Gasteiger partial charge in [0.15, 0.2) is 0 Å². The lowest BCUT2D eigenvalue weighted by atomic mass is 9.70. The summed E-state index contributed by atoms with van der Waals surface area (Å²) in [5.41, 5.74) is 1.97. The van der Waals surface area contributed by atoms with Gasteiger partial charge in [0.05, 0.1) is 0 Å². The molecule has 2 heterocycles. The zero-order valence-corrected chi connectivity index (χ0v) is 9.95. The maximum Gasteiger partial charge on any atom is 0.0315 e. The Morgan fingerprint density at radius 1 is 1.25 bits per heavy atom. The van der Waals surface area contributed by atoms with Crippen molar-refractivity contribution in [2.45, 2.75) is 24.3 Å². The van der Waals surface area contributed by atoms with Crippen molar-refractivity contribution in [2.24, 2.45) is 0 Å². The first-order chi connectivity index (χ1) is 7.83. The molecule has 2 atom stereocenters. The Bertz CT molecular complexity index is 358. The quantitative estimate of drug-likeness (QED) is 0.767. The lowest BCUT2D eigenvalue weighted by Gasteiger charge is -2.42. The van der Waals surface area contributed by atoms with E-state index in [1.807, 2.05) is 0 Å². The maximum atomic E-state index is 3.54. The molecule has 0 radical (unpaired) electrons. The van der Waals surface area contributed by atoms with Crippen LogP contribution in [0.3, 0.4) is 0 Å². The predicted molar refractivity (Wildman–Crippen MR) is 66.6 cm³/mol. The van der Waals surface area contributed by atoms with Crippen LogP contribution in [0.4, 0.5) is 0 Å². The molecule has 1 aromatic rings. The van der Waals surface area contributed by atoms with Crippen molar-refractivity contribution in [1.82, 2.24) is 10.2 Å². The summed E-state index contributed by atoms with van der Waals surface area (Å²) in [7, 11) is 2.27. The third-order valence-electron chi connectivity index (χ3n) is 4.51. The molecule has 2 fully saturated rings. The van der Waals surface area contributed by atoms with Gasteiger partial charge in [0.2, 0.25) is 0 Å². The van der Waals surface area contributed by atoms with Crippen molar-refractivity contribution in [2.75, 3.05) is 26.7 Å². The van der Waals surface area contributed by atoms with E-state index in [2.05, 4.69) is 47.6 Å². The summed E-state index contributed by atoms with van der Waals surface area (Å²) < 4.78 is 0. The van der Waals surface area contributed by atoms with E-state index in [1.54, 1.807) is 5.56 Å². The minimum Gasteiger partial charge on any atom is -0.315 e. The van der Waals surface area contributed by atoms with Crippen LogP contribution in [0.15, 0.2) is 30.3 Å². The number of likely N-dealkylation sites (N-methyl/N-ethyl adjacent to an activating group) is 1. The monoisotopic (exact) mass is 216 g/mol. The molecule has 2 heteroatoms. The van der Waals surface area contributed by atoms with E-state index >= 15 is 0 Å². The van der Waals surface area contributed by atoms with Crippen molar-refractivity contribution in [1.29, 1.82) is 0 Å². The molecule has 0 unspecified atom stereocenters. The fourth-order valence-electron chi connectivity index (χ4n) is 3.56. The Labute approximate surface area is 97.6 Å². The summed E-state index contributed by atoms with van der Waals surface area (Å²) in [6.07, 6.45) is 2.60. The van der Waals surface area contributed by atoms with Gasteiger partial charge in [0.1, 0.15) is 0 Å². The van der Waals surface area contributed by atoms with Crippen LogP contribution in [0.2, 0.25) is 0 Å². The highest BCUT2D eigenvalue weighted by molar-refractivity contribution is 5.31. The molecule has 2 nitrogen and oxygen atoms in total. The molecule has 16 heavy (non-hydrogen) atoms. The lowest BCUT2D eigenvalue weighted by Crippen LogP contribution is -2.53. The second kappa shape index (κ2) is 3.86. The van der Waals surface area contributed by atoms with Crippen LogP contribution in [0, 0.1) is 0 Å². The molecule has 2 aliphatic heterocycles. The summed E-state index contributed by atoms with van der Waals surface area (Å²) in [5, 5.41) is 3.54. The normalized spacial score (nSPS) is 34.9. The molecule has 1 aromatic carbocycles. The van der Waals surface area contributed by atoms with Crippen LogP contribution in [0.25, 0.3) is 0 Å². The number of likely N-dealkylation sites (tertiary alicyclic amines) is 1. The van der Waals surface area contributed by atoms with Gasteiger partial charge in [0.25, 0.3) is 0 Å². The average molecular weight is 216 g/mol. The van der Waals surface area contributed by atoms with Gasteiger partial charge in [0, 0.05) is 18.0 Å². The number of nitrogens with zero attached hydrogens (tertiary/aromatic N) is 1. The largest absolute Gasteiger partial charge is 0.315 e. The van der Waals surface area contributed by atoms with Gasteiger partial charge in [-0.05, 0) is 38.5 Å². The zero-order chi connectivity index (χ0) is 11.0. The lowest BCUT2D eigenvalue weighted by molar-refractivity contribution is 0.196. The fourth-order valence-corrected chi connectivity index (χ4v) is 3.56. The third kappa shape index (κ3) is 1.40. The molecule has 0 aromatic heterocycles. The number of piperidine rings is 1. The first-order valence-corrected chi connectivity index (χ1v) is 6.29. The number of hydrogen-bond acceptors (Lipinski definition) is 2. The molecule has 0 bridgehead atoms. The SMILES string of the molecule is CN1CC[C@]2(c3ccccc3)CCNC[C@@H]12. The van der Waals surface area contributed by atoms with E-state index in [1.165, 1.54) is 25.9 Å². The molecular weight excluding hydrogens is 196 g/mol. The van der Waals surface area contributed by atoms with E-state index in [-0.39, 0.29) is 0 Å². The minimum absolute atomic E-state index is 0.418. The molecule has 0 spiro atoms. The summed E-state index contributed by atoms with van der Waals surface area (Å²) in [6, 6.07) is 11.8. The van der Waals surface area contributed by atoms with Crippen molar-refractivity contribution in [3.8, 4) is 0 Å². The molecular formula is C14H20N2. The van der Waals surface area contributed by atoms with Crippen LogP contribution in [0.5, 0.6) is 0 Å². The first kappa shape index (κ1) is 10.3. The first-order valence-electron chi connectivity index (χ1n) is 6.29. The van der Waals surface area contributed by atoms with Crippen LogP contribution in [-0.2, 0) is 5.41 Å². The highest BCUT2D eigenvalue weighted by Gasteiger charge is 2.47. The Balaban J connectivity index is 2.01. The van der Waals surface area contributed by atoms with Crippen molar-refractivity contribution in [3.63, 3.8) is 0 Å². The number of nitrogens with one attached hydrogen (secondary N) is 1. The molecule has 86 valence electrons. The van der Waals surface area contributed by atoms with Crippen molar-refractivity contribution >= 4 is 0 Å². The second-order valence-corrected chi connectivity index (χ2v) is 5.22. The highest BCUT2D eigenvalue weighted by atomic mass is 15.2. The third-order valence-corrected chi connectivity index (χ3v) is 4.51. The Kier molecular flexibility index (Phi) is 2.49. The number of benzene rings is 1. The van der Waals surface area contributed by atoms with Crippen LogP contribution in [0.1, 0.15) is 18.4 Å². The van der Waals surface area contributed by atoms with E-state index in [9.17, 15) is 0 Å². The molecule has 0 amide bonds. The Hall–Kier alpha value is -0.860. The molecule has 2 aliphatic rings. The summed E-state index contributed by atoms with van der Waals surface area (Å²) in [6.45, 7) is 3.55. The highest BCUT2D eigenvalue weighted by Crippen LogP contribution is 2.43. The van der Waals surface area contributed by atoms with E-state index < -0.39 is 0 Å². The fraction of sp³-hybridized carbons (Fsp3) is 0.571. The van der Waals surface area contributed by atoms with Crippen LogP contribution >= 0.6 is 0 Å². The summed E-state index contributed by atoms with van der Waals surface area (Å²) in [5.74, 6) is 0. The number of fused-ring (bicyclic) bond motifs is 1. The van der Waals surface area contributed by atoms with E-state index in [0.717, 1.165) is 6.54 Å². The standard InChI is InChI=1S/C14H20N2/c1-16-10-8-14(7-9-15-11-13(14)16)12-5-3-2-4-6-12/h2-6,13,15H,7-11H2,1H3/t13-,14+/m1/s1. The molecule has 0 aliphatic carbocycles. The topological polar surface area (TPSA) is 15.3 Å². The second-order valence-electron chi connectivity index (χ2n) is 5.22. The Morgan fingerprint density at radius 2 is 2.06 bits per heavy atom. The van der Waals surface area contributed by atoms with Gasteiger partial charge < -0.3 is 10.2 Å². The Morgan fingerprint density at radius 3 is 2.88 bits per heavy atom. The van der Waals surface area contributed by atoms with Gasteiger partial charge in [-0.3, -0.25) is 0 Å². The van der Waals surface area contributed by atoms with Crippen LogP contribution < -0.4 is 5.32 Å².